The summed E-state index contributed by atoms with van der Waals surface area (Å²) >= 11 is 0. The molecule has 0 aromatic carbocycles. The molecule has 1 aliphatic heterocycles. The standard InChI is InChI=1S/C15H28N2O4/c1-12(2)5-9-21-10-6-16-15(20)17-7-3-13(4-8-17)11-14(18)19/h12-13H,3-11H2,1-2H3,(H,16,20)(H,18,19). The Bertz CT molecular complexity index is 326. The molecule has 0 saturated carbocycles. The number of carbonyl (C=O) groups excluding carboxylic acids is 1. The summed E-state index contributed by atoms with van der Waals surface area (Å²) in [7, 11) is 0. The minimum atomic E-state index is -0.753. The first kappa shape index (κ1) is 17.8. The van der Waals surface area contributed by atoms with Crippen molar-refractivity contribution < 1.29 is 19.4 Å². The quantitative estimate of drug-likeness (QED) is 0.672. The maximum absolute atomic E-state index is 11.9. The lowest BCUT2D eigenvalue weighted by Gasteiger charge is -2.31. The molecule has 1 aliphatic rings. The highest BCUT2D eigenvalue weighted by Gasteiger charge is 2.23. The van der Waals surface area contributed by atoms with E-state index in [1.807, 2.05) is 0 Å². The van der Waals surface area contributed by atoms with Crippen molar-refractivity contribution in [2.45, 2.75) is 39.5 Å². The van der Waals surface area contributed by atoms with Gasteiger partial charge in [0.2, 0.25) is 0 Å². The lowest BCUT2D eigenvalue weighted by Crippen LogP contribution is -2.45. The largest absolute Gasteiger partial charge is 0.481 e. The molecule has 2 N–H and O–H groups in total. The molecule has 1 fully saturated rings. The number of nitrogens with zero attached hydrogens (tertiary/aromatic N) is 1. The molecule has 0 bridgehead atoms. The fourth-order valence-electron chi connectivity index (χ4n) is 2.35. The molecule has 21 heavy (non-hydrogen) atoms. The molecule has 1 saturated heterocycles. The molecule has 0 radical (unpaired) electrons. The fourth-order valence-corrected chi connectivity index (χ4v) is 2.35. The number of amides is 2. The first-order valence-corrected chi connectivity index (χ1v) is 7.81. The Hall–Kier alpha value is -1.30. The van der Waals surface area contributed by atoms with Gasteiger partial charge in [0.25, 0.3) is 0 Å². The smallest absolute Gasteiger partial charge is 0.317 e. The second-order valence-electron chi connectivity index (χ2n) is 6.06. The van der Waals surface area contributed by atoms with E-state index in [0.717, 1.165) is 25.9 Å². The highest BCUT2D eigenvalue weighted by atomic mass is 16.5. The molecule has 1 heterocycles. The number of piperidine rings is 1. The van der Waals surface area contributed by atoms with Gasteiger partial charge in [-0.25, -0.2) is 4.79 Å². The lowest BCUT2D eigenvalue weighted by atomic mass is 9.94. The Morgan fingerprint density at radius 2 is 1.95 bits per heavy atom. The van der Waals surface area contributed by atoms with E-state index in [9.17, 15) is 9.59 Å². The van der Waals surface area contributed by atoms with E-state index in [-0.39, 0.29) is 18.4 Å². The van der Waals surface area contributed by atoms with Gasteiger partial charge in [-0.15, -0.1) is 0 Å². The van der Waals surface area contributed by atoms with Crippen LogP contribution in [-0.4, -0.2) is 54.9 Å². The molecule has 122 valence electrons. The van der Waals surface area contributed by atoms with Crippen molar-refractivity contribution in [3.8, 4) is 0 Å². The highest BCUT2D eigenvalue weighted by Crippen LogP contribution is 2.20. The van der Waals surface area contributed by atoms with Crippen molar-refractivity contribution in [1.82, 2.24) is 10.2 Å². The topological polar surface area (TPSA) is 78.9 Å². The molecule has 6 heteroatoms. The first-order chi connectivity index (χ1) is 9.99. The van der Waals surface area contributed by atoms with Crippen LogP contribution in [0.15, 0.2) is 0 Å². The summed E-state index contributed by atoms with van der Waals surface area (Å²) in [4.78, 5) is 24.3. The van der Waals surface area contributed by atoms with Gasteiger partial charge in [-0.1, -0.05) is 13.8 Å². The molecule has 0 aromatic heterocycles. The van der Waals surface area contributed by atoms with Gasteiger partial charge in [-0.3, -0.25) is 4.79 Å². The van der Waals surface area contributed by atoms with Gasteiger partial charge in [0.15, 0.2) is 0 Å². The number of rotatable bonds is 8. The third kappa shape index (κ3) is 7.90. The molecule has 0 unspecified atom stereocenters. The number of hydrogen-bond acceptors (Lipinski definition) is 3. The van der Waals surface area contributed by atoms with Crippen LogP contribution in [0.25, 0.3) is 0 Å². The minimum absolute atomic E-state index is 0.0729. The van der Waals surface area contributed by atoms with Gasteiger partial charge in [0.1, 0.15) is 0 Å². The summed E-state index contributed by atoms with van der Waals surface area (Å²) < 4.78 is 5.44. The van der Waals surface area contributed by atoms with Crippen molar-refractivity contribution in [1.29, 1.82) is 0 Å². The molecular formula is C15H28N2O4. The summed E-state index contributed by atoms with van der Waals surface area (Å²) in [6, 6.07) is -0.0729. The van der Waals surface area contributed by atoms with E-state index in [1.54, 1.807) is 4.90 Å². The maximum Gasteiger partial charge on any atom is 0.317 e. The lowest BCUT2D eigenvalue weighted by molar-refractivity contribution is -0.138. The van der Waals surface area contributed by atoms with Crippen LogP contribution >= 0.6 is 0 Å². The van der Waals surface area contributed by atoms with E-state index in [1.165, 1.54) is 0 Å². The number of urea groups is 1. The fraction of sp³-hybridized carbons (Fsp3) is 0.867. The minimum Gasteiger partial charge on any atom is -0.481 e. The van der Waals surface area contributed by atoms with Gasteiger partial charge < -0.3 is 20.1 Å². The molecule has 6 nitrogen and oxygen atoms in total. The second kappa shape index (κ2) is 9.60. The third-order valence-electron chi connectivity index (χ3n) is 3.73. The molecular weight excluding hydrogens is 272 g/mol. The predicted molar refractivity (Wildman–Crippen MR) is 80.2 cm³/mol. The monoisotopic (exact) mass is 300 g/mol. The number of hydrogen-bond donors (Lipinski definition) is 2. The molecule has 1 rings (SSSR count). The Labute approximate surface area is 126 Å². The van der Waals surface area contributed by atoms with Crippen LogP contribution in [0.3, 0.4) is 0 Å². The second-order valence-corrected chi connectivity index (χ2v) is 6.06. The molecule has 2 amide bonds. The zero-order valence-corrected chi connectivity index (χ0v) is 13.1. The molecule has 0 spiro atoms. The number of aliphatic carboxylic acids is 1. The van der Waals surface area contributed by atoms with Crippen LogP contribution in [0.5, 0.6) is 0 Å². The van der Waals surface area contributed by atoms with Gasteiger partial charge >= 0.3 is 12.0 Å². The number of likely N-dealkylation sites (tertiary alicyclic amines) is 1. The number of carbonyl (C=O) groups is 2. The van der Waals surface area contributed by atoms with Gasteiger partial charge in [-0.05, 0) is 31.1 Å². The van der Waals surface area contributed by atoms with E-state index in [0.29, 0.717) is 32.2 Å². The van der Waals surface area contributed by atoms with Crippen molar-refractivity contribution in [2.75, 3.05) is 32.8 Å². The van der Waals surface area contributed by atoms with Crippen LogP contribution in [0, 0.1) is 11.8 Å². The van der Waals surface area contributed by atoms with Gasteiger partial charge in [-0.2, -0.15) is 0 Å². The first-order valence-electron chi connectivity index (χ1n) is 7.81. The number of ether oxygens (including phenoxy) is 1. The Morgan fingerprint density at radius 1 is 1.29 bits per heavy atom. The number of carboxylic acid groups (broad SMARTS) is 1. The normalized spacial score (nSPS) is 16.2. The molecule has 0 aromatic rings. The summed E-state index contributed by atoms with van der Waals surface area (Å²) in [6.07, 6.45) is 2.78. The molecule has 0 aliphatic carbocycles. The van der Waals surface area contributed by atoms with Gasteiger partial charge in [0.05, 0.1) is 6.61 Å². The van der Waals surface area contributed by atoms with E-state index in [4.69, 9.17) is 9.84 Å². The zero-order chi connectivity index (χ0) is 15.7. The van der Waals surface area contributed by atoms with Crippen LogP contribution in [0.2, 0.25) is 0 Å². The number of nitrogens with one attached hydrogen (secondary N) is 1. The van der Waals surface area contributed by atoms with Crippen molar-refractivity contribution in [3.63, 3.8) is 0 Å². The van der Waals surface area contributed by atoms with E-state index < -0.39 is 5.97 Å². The average molecular weight is 300 g/mol. The summed E-state index contributed by atoms with van der Waals surface area (Å²) in [6.45, 7) is 7.36. The van der Waals surface area contributed by atoms with E-state index in [2.05, 4.69) is 19.2 Å². The SMILES string of the molecule is CC(C)CCOCCNC(=O)N1CCC(CC(=O)O)CC1. The predicted octanol–water partition coefficient (Wildman–Crippen LogP) is 1.95. The highest BCUT2D eigenvalue weighted by molar-refractivity contribution is 5.74. The Balaban J connectivity index is 2.07. The van der Waals surface area contributed by atoms with Crippen molar-refractivity contribution >= 4 is 12.0 Å². The zero-order valence-electron chi connectivity index (χ0n) is 13.1. The maximum atomic E-state index is 11.9. The van der Waals surface area contributed by atoms with Crippen LogP contribution in [-0.2, 0) is 9.53 Å². The van der Waals surface area contributed by atoms with Gasteiger partial charge in [0, 0.05) is 32.7 Å². The third-order valence-corrected chi connectivity index (χ3v) is 3.73. The van der Waals surface area contributed by atoms with E-state index >= 15 is 0 Å². The van der Waals surface area contributed by atoms with Crippen LogP contribution in [0.4, 0.5) is 4.79 Å². The molecule has 0 atom stereocenters. The van der Waals surface area contributed by atoms with Crippen LogP contribution in [0.1, 0.15) is 39.5 Å². The number of carboxylic acids is 1. The summed E-state index contributed by atoms with van der Waals surface area (Å²) in [5, 5.41) is 11.6. The summed E-state index contributed by atoms with van der Waals surface area (Å²) in [5.74, 6) is 0.0778. The Morgan fingerprint density at radius 3 is 2.52 bits per heavy atom. The van der Waals surface area contributed by atoms with Crippen molar-refractivity contribution in [2.24, 2.45) is 11.8 Å². The summed E-state index contributed by atoms with van der Waals surface area (Å²) in [5.41, 5.74) is 0. The van der Waals surface area contributed by atoms with Crippen molar-refractivity contribution in [3.05, 3.63) is 0 Å². The Kier molecular flexibility index (Phi) is 8.12. The van der Waals surface area contributed by atoms with Crippen LogP contribution < -0.4 is 5.32 Å². The average Bonchev–Trinajstić information content (AvgIpc) is 2.42.